The Labute approximate surface area is 108 Å². The van der Waals surface area contributed by atoms with E-state index in [1.807, 2.05) is 0 Å². The zero-order valence-electron chi connectivity index (χ0n) is 11.0. The van der Waals surface area contributed by atoms with E-state index < -0.39 is 11.9 Å². The number of nitrogens with one attached hydrogen (secondary N) is 1. The van der Waals surface area contributed by atoms with E-state index in [1.165, 1.54) is 12.8 Å². The number of hydrogen-bond donors (Lipinski definition) is 3. The van der Waals surface area contributed by atoms with E-state index in [4.69, 9.17) is 11.5 Å². The van der Waals surface area contributed by atoms with Crippen LogP contribution in [0, 0.1) is 5.92 Å². The molecule has 6 heteroatoms. The molecule has 2 amide bonds. The van der Waals surface area contributed by atoms with Gasteiger partial charge in [0.05, 0.1) is 12.5 Å². The highest BCUT2D eigenvalue weighted by molar-refractivity contribution is 5.87. The van der Waals surface area contributed by atoms with Gasteiger partial charge in [-0.15, -0.1) is 0 Å². The van der Waals surface area contributed by atoms with E-state index in [2.05, 4.69) is 17.3 Å². The number of nitrogens with two attached hydrogens (primary N) is 2. The second-order valence-electron chi connectivity index (χ2n) is 5.10. The highest BCUT2D eigenvalue weighted by Gasteiger charge is 2.18. The molecule has 1 saturated heterocycles. The molecule has 0 radical (unpaired) electrons. The first-order valence-corrected chi connectivity index (χ1v) is 6.49. The molecule has 0 aliphatic carbocycles. The minimum Gasteiger partial charge on any atom is -0.370 e. The number of primary amides is 1. The van der Waals surface area contributed by atoms with Gasteiger partial charge in [0.1, 0.15) is 0 Å². The maximum atomic E-state index is 11.5. The molecule has 0 aromatic carbocycles. The van der Waals surface area contributed by atoms with Crippen molar-refractivity contribution in [2.75, 3.05) is 26.7 Å². The summed E-state index contributed by atoms with van der Waals surface area (Å²) in [4.78, 5) is 24.5. The summed E-state index contributed by atoms with van der Waals surface area (Å²) < 4.78 is 0. The van der Waals surface area contributed by atoms with Crippen molar-refractivity contribution in [3.63, 3.8) is 0 Å². The lowest BCUT2D eigenvalue weighted by Crippen LogP contribution is -2.43. The molecule has 0 unspecified atom stereocenters. The topological polar surface area (TPSA) is 101 Å². The monoisotopic (exact) mass is 256 g/mol. The zero-order valence-corrected chi connectivity index (χ0v) is 11.0. The molecule has 6 nitrogen and oxygen atoms in total. The number of carbonyl (C=O) groups excluding carboxylic acids is 2. The fourth-order valence-electron chi connectivity index (χ4n) is 2.19. The minimum atomic E-state index is -0.819. The maximum absolute atomic E-state index is 11.5. The Kier molecular flexibility index (Phi) is 6.07. The first kappa shape index (κ1) is 14.9. The third-order valence-corrected chi connectivity index (χ3v) is 3.45. The summed E-state index contributed by atoms with van der Waals surface area (Å²) in [5.74, 6) is -0.163. The molecule has 1 atom stereocenters. The molecule has 0 aromatic rings. The summed E-state index contributed by atoms with van der Waals surface area (Å²) in [6.45, 7) is 2.87. The van der Waals surface area contributed by atoms with Gasteiger partial charge < -0.3 is 21.7 Å². The van der Waals surface area contributed by atoms with Gasteiger partial charge in [0, 0.05) is 6.54 Å². The predicted molar refractivity (Wildman–Crippen MR) is 69.6 cm³/mol. The highest BCUT2D eigenvalue weighted by Crippen LogP contribution is 2.18. The molecule has 1 aliphatic heterocycles. The van der Waals surface area contributed by atoms with Crippen LogP contribution < -0.4 is 16.8 Å². The Morgan fingerprint density at radius 1 is 1.39 bits per heavy atom. The van der Waals surface area contributed by atoms with Crippen molar-refractivity contribution in [1.82, 2.24) is 10.2 Å². The zero-order chi connectivity index (χ0) is 13.5. The van der Waals surface area contributed by atoms with Gasteiger partial charge in [-0.2, -0.15) is 0 Å². The molecule has 1 aliphatic rings. The number of rotatable bonds is 6. The van der Waals surface area contributed by atoms with Gasteiger partial charge in [-0.25, -0.2) is 0 Å². The Hall–Kier alpha value is -1.14. The smallest absolute Gasteiger partial charge is 0.237 e. The summed E-state index contributed by atoms with van der Waals surface area (Å²) in [5.41, 5.74) is 10.5. The molecule has 1 rings (SSSR count). The lowest BCUT2D eigenvalue weighted by molar-refractivity contribution is -0.126. The lowest BCUT2D eigenvalue weighted by Gasteiger charge is -2.28. The molecule has 104 valence electrons. The Morgan fingerprint density at radius 2 is 2.00 bits per heavy atom. The van der Waals surface area contributed by atoms with Gasteiger partial charge in [0.25, 0.3) is 0 Å². The molecular weight excluding hydrogens is 232 g/mol. The van der Waals surface area contributed by atoms with Gasteiger partial charge in [0.15, 0.2) is 0 Å². The molecule has 5 N–H and O–H groups in total. The molecule has 0 bridgehead atoms. The van der Waals surface area contributed by atoms with E-state index in [0.717, 1.165) is 19.5 Å². The number of piperidine rings is 1. The lowest BCUT2D eigenvalue weighted by atomic mass is 9.94. The third kappa shape index (κ3) is 5.46. The van der Waals surface area contributed by atoms with Crippen LogP contribution >= 0.6 is 0 Å². The second kappa shape index (κ2) is 7.33. The third-order valence-electron chi connectivity index (χ3n) is 3.45. The summed E-state index contributed by atoms with van der Waals surface area (Å²) in [6.07, 6.45) is 3.24. The van der Waals surface area contributed by atoms with E-state index in [9.17, 15) is 9.59 Å². The van der Waals surface area contributed by atoms with E-state index >= 15 is 0 Å². The van der Waals surface area contributed by atoms with E-state index in [0.29, 0.717) is 12.5 Å². The Morgan fingerprint density at radius 3 is 2.56 bits per heavy atom. The summed E-state index contributed by atoms with van der Waals surface area (Å²) in [5, 5.41) is 2.76. The second-order valence-corrected chi connectivity index (χ2v) is 5.10. The van der Waals surface area contributed by atoms with Crippen LogP contribution in [0.2, 0.25) is 0 Å². The van der Waals surface area contributed by atoms with Gasteiger partial charge in [-0.1, -0.05) is 0 Å². The molecule has 18 heavy (non-hydrogen) atoms. The molecule has 1 fully saturated rings. The number of likely N-dealkylation sites (tertiary alicyclic amines) is 1. The van der Waals surface area contributed by atoms with Crippen LogP contribution in [0.5, 0.6) is 0 Å². The van der Waals surface area contributed by atoms with Crippen molar-refractivity contribution in [3.05, 3.63) is 0 Å². The highest BCUT2D eigenvalue weighted by atomic mass is 16.2. The molecule has 0 saturated carbocycles. The SMILES string of the molecule is CN1CCC(CCNC(=O)[C@H](N)CC(N)=O)CC1. The average Bonchev–Trinajstić information content (AvgIpc) is 2.30. The standard InChI is InChI=1S/C12H24N4O2/c1-16-6-3-9(4-7-16)2-5-15-12(18)10(13)8-11(14)17/h9-10H,2-8,13H2,1H3,(H2,14,17)(H,15,18)/t10-/m1/s1. The first-order chi connectivity index (χ1) is 8.49. The number of nitrogens with zero attached hydrogens (tertiary/aromatic N) is 1. The van der Waals surface area contributed by atoms with Crippen molar-refractivity contribution in [1.29, 1.82) is 0 Å². The van der Waals surface area contributed by atoms with Gasteiger partial charge in [0.2, 0.25) is 11.8 Å². The Balaban J connectivity index is 2.13. The van der Waals surface area contributed by atoms with Gasteiger partial charge in [-0.05, 0) is 45.3 Å². The van der Waals surface area contributed by atoms with Crippen molar-refractivity contribution < 1.29 is 9.59 Å². The number of carbonyl (C=O) groups is 2. The summed E-state index contributed by atoms with van der Waals surface area (Å²) >= 11 is 0. The van der Waals surface area contributed by atoms with Crippen LogP contribution in [0.25, 0.3) is 0 Å². The van der Waals surface area contributed by atoms with Crippen molar-refractivity contribution in [2.45, 2.75) is 31.7 Å². The molecule has 0 spiro atoms. The first-order valence-electron chi connectivity index (χ1n) is 6.49. The van der Waals surface area contributed by atoms with E-state index in [1.54, 1.807) is 0 Å². The van der Waals surface area contributed by atoms with Gasteiger partial charge in [-0.3, -0.25) is 9.59 Å². The minimum absolute atomic E-state index is 0.0972. The van der Waals surface area contributed by atoms with Crippen molar-refractivity contribution >= 4 is 11.8 Å². The number of amides is 2. The maximum Gasteiger partial charge on any atom is 0.237 e. The normalized spacial score (nSPS) is 19.4. The van der Waals surface area contributed by atoms with Crippen molar-refractivity contribution in [2.24, 2.45) is 17.4 Å². The van der Waals surface area contributed by atoms with Crippen LogP contribution in [0.1, 0.15) is 25.7 Å². The largest absolute Gasteiger partial charge is 0.370 e. The van der Waals surface area contributed by atoms with Crippen LogP contribution in [0.4, 0.5) is 0 Å². The molecule has 1 heterocycles. The fourth-order valence-corrected chi connectivity index (χ4v) is 2.19. The number of hydrogen-bond acceptors (Lipinski definition) is 4. The summed E-state index contributed by atoms with van der Waals surface area (Å²) in [6, 6.07) is -0.819. The average molecular weight is 256 g/mol. The predicted octanol–water partition coefficient (Wildman–Crippen LogP) is -0.963. The van der Waals surface area contributed by atoms with Crippen LogP contribution in [0.15, 0.2) is 0 Å². The van der Waals surface area contributed by atoms with Crippen molar-refractivity contribution in [3.8, 4) is 0 Å². The van der Waals surface area contributed by atoms with Gasteiger partial charge >= 0.3 is 0 Å². The van der Waals surface area contributed by atoms with Crippen LogP contribution in [-0.4, -0.2) is 49.4 Å². The molecular formula is C12H24N4O2. The van der Waals surface area contributed by atoms with Crippen LogP contribution in [-0.2, 0) is 9.59 Å². The summed E-state index contributed by atoms with van der Waals surface area (Å²) in [7, 11) is 2.13. The quantitative estimate of drug-likeness (QED) is 0.569. The van der Waals surface area contributed by atoms with E-state index in [-0.39, 0.29) is 12.3 Å². The molecule has 0 aromatic heterocycles. The fraction of sp³-hybridized carbons (Fsp3) is 0.833. The Bertz CT molecular complexity index is 288. The van der Waals surface area contributed by atoms with Crippen LogP contribution in [0.3, 0.4) is 0 Å².